The number of likely N-dealkylation sites (tertiary alicyclic amines) is 1. The second-order valence-electron chi connectivity index (χ2n) is 6.40. The Bertz CT molecular complexity index is 438. The molecule has 1 saturated carbocycles. The topological polar surface area (TPSA) is 86.7 Å². The zero-order valence-electron chi connectivity index (χ0n) is 12.2. The SMILES string of the molecule is CC(=O)N1CCC(NC(=O)[C@H]2[C@@H](C(=O)O)C2(C)C)CC1. The molecule has 0 radical (unpaired) electrons. The number of rotatable bonds is 3. The van der Waals surface area contributed by atoms with Crippen LogP contribution < -0.4 is 5.32 Å². The molecule has 2 rings (SSSR count). The summed E-state index contributed by atoms with van der Waals surface area (Å²) in [6.07, 6.45) is 1.46. The van der Waals surface area contributed by atoms with Gasteiger partial charge in [0.2, 0.25) is 11.8 Å². The highest BCUT2D eigenvalue weighted by atomic mass is 16.4. The molecule has 1 saturated heterocycles. The predicted molar refractivity (Wildman–Crippen MR) is 71.8 cm³/mol. The first-order valence-corrected chi connectivity index (χ1v) is 7.04. The van der Waals surface area contributed by atoms with Crippen LogP contribution in [0.25, 0.3) is 0 Å². The summed E-state index contributed by atoms with van der Waals surface area (Å²) in [5.41, 5.74) is -0.462. The van der Waals surface area contributed by atoms with Crippen LogP contribution in [0.5, 0.6) is 0 Å². The molecule has 20 heavy (non-hydrogen) atoms. The minimum absolute atomic E-state index is 0.0453. The third-order valence-electron chi connectivity index (χ3n) is 4.66. The van der Waals surface area contributed by atoms with Gasteiger partial charge in [-0.3, -0.25) is 14.4 Å². The molecule has 0 unspecified atom stereocenters. The van der Waals surface area contributed by atoms with Crippen molar-refractivity contribution in [2.75, 3.05) is 13.1 Å². The predicted octanol–water partition coefficient (Wildman–Crippen LogP) is 0.470. The molecule has 1 heterocycles. The third-order valence-corrected chi connectivity index (χ3v) is 4.66. The van der Waals surface area contributed by atoms with E-state index in [9.17, 15) is 14.4 Å². The molecule has 6 nitrogen and oxygen atoms in total. The van der Waals surface area contributed by atoms with E-state index in [4.69, 9.17) is 5.11 Å². The van der Waals surface area contributed by atoms with Crippen LogP contribution in [0.2, 0.25) is 0 Å². The van der Waals surface area contributed by atoms with Crippen LogP contribution in [0.1, 0.15) is 33.6 Å². The number of hydrogen-bond acceptors (Lipinski definition) is 3. The largest absolute Gasteiger partial charge is 0.481 e. The summed E-state index contributed by atoms with van der Waals surface area (Å²) in [6, 6.07) is 0.0453. The van der Waals surface area contributed by atoms with Crippen LogP contribution in [0.3, 0.4) is 0 Å². The molecular formula is C14H22N2O4. The number of carboxylic acid groups (broad SMARTS) is 1. The van der Waals surface area contributed by atoms with Crippen LogP contribution in [0, 0.1) is 17.3 Å². The van der Waals surface area contributed by atoms with Gasteiger partial charge in [-0.15, -0.1) is 0 Å². The lowest BCUT2D eigenvalue weighted by Gasteiger charge is -2.31. The lowest BCUT2D eigenvalue weighted by atomic mass is 10.0. The third kappa shape index (κ3) is 2.64. The van der Waals surface area contributed by atoms with Crippen LogP contribution >= 0.6 is 0 Å². The maximum Gasteiger partial charge on any atom is 0.307 e. The van der Waals surface area contributed by atoms with Crippen molar-refractivity contribution in [1.82, 2.24) is 10.2 Å². The van der Waals surface area contributed by atoms with Gasteiger partial charge in [-0.25, -0.2) is 0 Å². The summed E-state index contributed by atoms with van der Waals surface area (Å²) in [5, 5.41) is 12.0. The van der Waals surface area contributed by atoms with Crippen LogP contribution in [-0.2, 0) is 14.4 Å². The van der Waals surface area contributed by atoms with Gasteiger partial charge in [-0.05, 0) is 18.3 Å². The maximum absolute atomic E-state index is 12.2. The first-order chi connectivity index (χ1) is 9.25. The van der Waals surface area contributed by atoms with Crippen molar-refractivity contribution in [3.8, 4) is 0 Å². The van der Waals surface area contributed by atoms with E-state index in [1.54, 1.807) is 11.8 Å². The number of carboxylic acids is 1. The summed E-state index contributed by atoms with van der Waals surface area (Å²) in [4.78, 5) is 36.2. The second kappa shape index (κ2) is 5.07. The summed E-state index contributed by atoms with van der Waals surface area (Å²) >= 11 is 0. The van der Waals surface area contributed by atoms with E-state index in [0.717, 1.165) is 12.8 Å². The van der Waals surface area contributed by atoms with Gasteiger partial charge >= 0.3 is 5.97 Å². The van der Waals surface area contributed by atoms with Crippen molar-refractivity contribution in [3.05, 3.63) is 0 Å². The van der Waals surface area contributed by atoms with E-state index in [-0.39, 0.29) is 17.9 Å². The molecule has 2 aliphatic rings. The Kier molecular flexibility index (Phi) is 3.75. The number of hydrogen-bond donors (Lipinski definition) is 2. The highest BCUT2D eigenvalue weighted by Gasteiger charge is 2.65. The molecule has 0 spiro atoms. The number of carbonyl (C=O) groups is 3. The minimum atomic E-state index is -0.901. The van der Waals surface area contributed by atoms with Gasteiger partial charge in [0.1, 0.15) is 0 Å². The second-order valence-corrected chi connectivity index (χ2v) is 6.40. The molecule has 2 fully saturated rings. The average Bonchev–Trinajstić information content (AvgIpc) is 2.93. The zero-order valence-corrected chi connectivity index (χ0v) is 12.2. The first-order valence-electron chi connectivity index (χ1n) is 7.04. The summed E-state index contributed by atoms with van der Waals surface area (Å²) < 4.78 is 0. The van der Waals surface area contributed by atoms with Gasteiger partial charge in [-0.1, -0.05) is 13.8 Å². The fourth-order valence-electron chi connectivity index (χ4n) is 3.22. The van der Waals surface area contributed by atoms with Crippen molar-refractivity contribution in [2.45, 2.75) is 39.7 Å². The Labute approximate surface area is 118 Å². The van der Waals surface area contributed by atoms with E-state index < -0.39 is 23.2 Å². The fourth-order valence-corrected chi connectivity index (χ4v) is 3.22. The molecule has 2 amide bonds. The highest BCUT2D eigenvalue weighted by Crippen LogP contribution is 2.58. The van der Waals surface area contributed by atoms with Crippen LogP contribution in [0.15, 0.2) is 0 Å². The van der Waals surface area contributed by atoms with E-state index in [0.29, 0.717) is 13.1 Å². The average molecular weight is 282 g/mol. The van der Waals surface area contributed by atoms with E-state index in [1.165, 1.54) is 0 Å². The fraction of sp³-hybridized carbons (Fsp3) is 0.786. The van der Waals surface area contributed by atoms with Gasteiger partial charge in [0.15, 0.2) is 0 Å². The molecule has 0 aromatic heterocycles. The van der Waals surface area contributed by atoms with Gasteiger partial charge in [0.05, 0.1) is 11.8 Å². The lowest BCUT2D eigenvalue weighted by Crippen LogP contribution is -2.46. The maximum atomic E-state index is 12.2. The quantitative estimate of drug-likeness (QED) is 0.788. The number of nitrogens with zero attached hydrogens (tertiary/aromatic N) is 1. The Morgan fingerprint density at radius 1 is 1.15 bits per heavy atom. The molecule has 112 valence electrons. The Morgan fingerprint density at radius 2 is 1.70 bits per heavy atom. The molecule has 2 N–H and O–H groups in total. The van der Waals surface area contributed by atoms with Crippen molar-refractivity contribution >= 4 is 17.8 Å². The molecule has 0 bridgehead atoms. The molecule has 1 aliphatic carbocycles. The van der Waals surface area contributed by atoms with Crippen LogP contribution in [0.4, 0.5) is 0 Å². The smallest absolute Gasteiger partial charge is 0.307 e. The number of aliphatic carboxylic acids is 1. The lowest BCUT2D eigenvalue weighted by molar-refractivity contribution is -0.140. The van der Waals surface area contributed by atoms with E-state index in [1.807, 2.05) is 13.8 Å². The van der Waals surface area contributed by atoms with Crippen LogP contribution in [-0.4, -0.2) is 46.9 Å². The molecular weight excluding hydrogens is 260 g/mol. The first kappa shape index (κ1) is 14.8. The monoisotopic (exact) mass is 282 g/mol. The van der Waals surface area contributed by atoms with Gasteiger partial charge in [-0.2, -0.15) is 0 Å². The molecule has 6 heteroatoms. The number of piperidine rings is 1. The van der Waals surface area contributed by atoms with Crippen molar-refractivity contribution in [3.63, 3.8) is 0 Å². The zero-order chi connectivity index (χ0) is 15.1. The summed E-state index contributed by atoms with van der Waals surface area (Å²) in [6.45, 7) is 6.47. The van der Waals surface area contributed by atoms with Crippen molar-refractivity contribution in [1.29, 1.82) is 0 Å². The number of nitrogens with one attached hydrogen (secondary N) is 1. The molecule has 1 aliphatic heterocycles. The van der Waals surface area contributed by atoms with Crippen molar-refractivity contribution < 1.29 is 19.5 Å². The minimum Gasteiger partial charge on any atom is -0.481 e. The Hall–Kier alpha value is -1.59. The Balaban J connectivity index is 1.85. The summed E-state index contributed by atoms with van der Waals surface area (Å²) in [5.74, 6) is -2.03. The van der Waals surface area contributed by atoms with E-state index >= 15 is 0 Å². The molecule has 0 aromatic rings. The van der Waals surface area contributed by atoms with E-state index in [2.05, 4.69) is 5.32 Å². The number of carbonyl (C=O) groups excluding carboxylic acids is 2. The van der Waals surface area contributed by atoms with Gasteiger partial charge < -0.3 is 15.3 Å². The van der Waals surface area contributed by atoms with Crippen molar-refractivity contribution in [2.24, 2.45) is 17.3 Å². The van der Waals surface area contributed by atoms with Gasteiger partial charge in [0.25, 0.3) is 0 Å². The highest BCUT2D eigenvalue weighted by molar-refractivity contribution is 5.91. The van der Waals surface area contributed by atoms with Gasteiger partial charge in [0, 0.05) is 26.1 Å². The Morgan fingerprint density at radius 3 is 2.10 bits per heavy atom. The molecule has 0 aromatic carbocycles. The molecule has 2 atom stereocenters. The number of amides is 2. The summed E-state index contributed by atoms with van der Waals surface area (Å²) in [7, 11) is 0. The standard InChI is InChI=1S/C14H22N2O4/c1-8(17)16-6-4-9(5-7-16)15-12(18)10-11(13(19)20)14(10,2)3/h9-11H,4-7H2,1-3H3,(H,15,18)(H,19,20)/t10-,11+/m1/s1. The normalized spacial score (nSPS) is 28.9.